The number of benzene rings is 2. The van der Waals surface area contributed by atoms with Crippen molar-refractivity contribution in [2.45, 2.75) is 20.4 Å². The molecule has 5 heteroatoms. The van der Waals surface area contributed by atoms with Crippen LogP contribution in [0.4, 0.5) is 11.4 Å². The fourth-order valence-corrected chi connectivity index (χ4v) is 2.62. The molecule has 0 bridgehead atoms. The third-order valence-corrected chi connectivity index (χ3v) is 4.29. The lowest BCUT2D eigenvalue weighted by molar-refractivity contribution is 0.101. The molecule has 0 saturated heterocycles. The van der Waals surface area contributed by atoms with Crippen molar-refractivity contribution in [1.82, 2.24) is 4.98 Å². The van der Waals surface area contributed by atoms with Gasteiger partial charge in [-0.1, -0.05) is 24.3 Å². The van der Waals surface area contributed by atoms with Crippen molar-refractivity contribution < 1.29 is 9.59 Å². The average molecular weight is 359 g/mol. The van der Waals surface area contributed by atoms with Crippen molar-refractivity contribution in [3.8, 4) is 0 Å². The van der Waals surface area contributed by atoms with Crippen LogP contribution in [0.1, 0.15) is 38.9 Å². The van der Waals surface area contributed by atoms with E-state index in [0.29, 0.717) is 23.5 Å². The van der Waals surface area contributed by atoms with E-state index in [4.69, 9.17) is 0 Å². The zero-order valence-electron chi connectivity index (χ0n) is 15.3. The number of hydrogen-bond acceptors (Lipinski definition) is 4. The molecular formula is C22H21N3O2. The first-order chi connectivity index (χ1) is 13.0. The van der Waals surface area contributed by atoms with Crippen LogP contribution in [0.2, 0.25) is 0 Å². The van der Waals surface area contributed by atoms with Crippen LogP contribution in [0.15, 0.2) is 66.9 Å². The number of carbonyl (C=O) groups is 2. The van der Waals surface area contributed by atoms with Crippen LogP contribution >= 0.6 is 0 Å². The largest absolute Gasteiger partial charge is 0.380 e. The van der Waals surface area contributed by atoms with Gasteiger partial charge in [0.25, 0.3) is 5.91 Å². The predicted molar refractivity (Wildman–Crippen MR) is 107 cm³/mol. The summed E-state index contributed by atoms with van der Waals surface area (Å²) in [5.74, 6) is -0.306. The van der Waals surface area contributed by atoms with Crippen molar-refractivity contribution in [3.05, 3.63) is 89.2 Å². The maximum Gasteiger partial charge on any atom is 0.274 e. The highest BCUT2D eigenvalue weighted by Gasteiger charge is 2.08. The topological polar surface area (TPSA) is 71.1 Å². The number of aryl methyl sites for hydroxylation is 1. The molecule has 0 aliphatic heterocycles. The van der Waals surface area contributed by atoms with Gasteiger partial charge in [0.2, 0.25) is 0 Å². The second-order valence-electron chi connectivity index (χ2n) is 6.30. The minimum absolute atomic E-state index is 0.0108. The quantitative estimate of drug-likeness (QED) is 0.638. The molecule has 0 atom stereocenters. The molecule has 3 rings (SSSR count). The van der Waals surface area contributed by atoms with Crippen molar-refractivity contribution in [1.29, 1.82) is 0 Å². The van der Waals surface area contributed by atoms with Crippen molar-refractivity contribution in [2.24, 2.45) is 0 Å². The summed E-state index contributed by atoms with van der Waals surface area (Å²) in [6.45, 7) is 4.28. The molecule has 0 spiro atoms. The Hall–Kier alpha value is -3.47. The van der Waals surface area contributed by atoms with Gasteiger partial charge in [-0.3, -0.25) is 9.59 Å². The van der Waals surface area contributed by atoms with Crippen LogP contribution < -0.4 is 10.6 Å². The Labute approximate surface area is 158 Å². The zero-order valence-corrected chi connectivity index (χ0v) is 15.3. The van der Waals surface area contributed by atoms with Crippen LogP contribution in [0.5, 0.6) is 0 Å². The number of Topliss-reactive ketones (excluding diaryl/α,β-unsaturated/α-hetero) is 1. The molecule has 1 amide bonds. The van der Waals surface area contributed by atoms with Gasteiger partial charge in [0.05, 0.1) is 11.9 Å². The monoisotopic (exact) mass is 359 g/mol. The van der Waals surface area contributed by atoms with Crippen LogP contribution in [0.3, 0.4) is 0 Å². The Morgan fingerprint density at radius 2 is 1.63 bits per heavy atom. The van der Waals surface area contributed by atoms with Gasteiger partial charge in [0.15, 0.2) is 5.78 Å². The number of nitrogens with one attached hydrogen (secondary N) is 2. The molecule has 3 aromatic rings. The van der Waals surface area contributed by atoms with Gasteiger partial charge in [-0.2, -0.15) is 0 Å². The van der Waals surface area contributed by atoms with E-state index in [2.05, 4.69) is 34.7 Å². The van der Waals surface area contributed by atoms with E-state index in [0.717, 1.165) is 5.69 Å². The summed E-state index contributed by atoms with van der Waals surface area (Å²) in [4.78, 5) is 27.8. The molecule has 2 N–H and O–H groups in total. The highest BCUT2D eigenvalue weighted by Crippen LogP contribution is 2.14. The first-order valence-electron chi connectivity index (χ1n) is 8.70. The first-order valence-corrected chi connectivity index (χ1v) is 8.70. The second-order valence-corrected chi connectivity index (χ2v) is 6.30. The number of anilines is 2. The Bertz CT molecular complexity index is 948. The van der Waals surface area contributed by atoms with Crippen LogP contribution in [-0.2, 0) is 6.54 Å². The number of carbonyl (C=O) groups excluding carboxylic acids is 2. The lowest BCUT2D eigenvalue weighted by atomic mass is 10.1. The number of hydrogen-bond donors (Lipinski definition) is 2. The normalized spacial score (nSPS) is 10.3. The molecule has 5 nitrogen and oxygen atoms in total. The summed E-state index contributed by atoms with van der Waals surface area (Å²) in [5, 5.41) is 6.08. The molecule has 27 heavy (non-hydrogen) atoms. The second kappa shape index (κ2) is 8.27. The van der Waals surface area contributed by atoms with Gasteiger partial charge in [0.1, 0.15) is 5.69 Å². The van der Waals surface area contributed by atoms with Crippen LogP contribution in [-0.4, -0.2) is 16.7 Å². The van der Waals surface area contributed by atoms with E-state index in [1.54, 1.807) is 36.5 Å². The van der Waals surface area contributed by atoms with Crippen LogP contribution in [0.25, 0.3) is 0 Å². The Kier molecular flexibility index (Phi) is 5.61. The SMILES string of the molecule is CC(=O)c1ccc(NC(=O)c2ccc(NCc3ccccc3C)cn2)cc1. The highest BCUT2D eigenvalue weighted by molar-refractivity contribution is 6.03. The number of nitrogens with zero attached hydrogens (tertiary/aromatic N) is 1. The third-order valence-electron chi connectivity index (χ3n) is 4.29. The molecule has 136 valence electrons. The van der Waals surface area contributed by atoms with Gasteiger partial charge in [-0.15, -0.1) is 0 Å². The highest BCUT2D eigenvalue weighted by atomic mass is 16.2. The molecule has 0 unspecified atom stereocenters. The van der Waals surface area contributed by atoms with Gasteiger partial charge in [-0.25, -0.2) is 4.98 Å². The number of amides is 1. The molecule has 0 radical (unpaired) electrons. The van der Waals surface area contributed by atoms with E-state index in [1.165, 1.54) is 18.1 Å². The van der Waals surface area contributed by atoms with E-state index < -0.39 is 0 Å². The Balaban J connectivity index is 1.60. The summed E-state index contributed by atoms with van der Waals surface area (Å²) in [6, 6.07) is 18.5. The summed E-state index contributed by atoms with van der Waals surface area (Å²) in [6.07, 6.45) is 1.64. The maximum atomic E-state index is 12.3. The Morgan fingerprint density at radius 3 is 2.26 bits per heavy atom. The van der Waals surface area contributed by atoms with E-state index >= 15 is 0 Å². The smallest absolute Gasteiger partial charge is 0.274 e. The number of aromatic nitrogens is 1. The molecule has 0 aliphatic carbocycles. The molecule has 1 aromatic heterocycles. The molecular weight excluding hydrogens is 338 g/mol. The van der Waals surface area contributed by atoms with E-state index in [-0.39, 0.29) is 11.7 Å². The standard InChI is InChI=1S/C22H21N3O2/c1-15-5-3-4-6-18(15)13-23-20-11-12-21(24-14-20)22(27)25-19-9-7-17(8-10-19)16(2)26/h3-12,14,23H,13H2,1-2H3,(H,25,27). The lowest BCUT2D eigenvalue weighted by Gasteiger charge is -2.09. The minimum atomic E-state index is -0.295. The third kappa shape index (κ3) is 4.79. The summed E-state index contributed by atoms with van der Waals surface area (Å²) in [7, 11) is 0. The first kappa shape index (κ1) is 18.3. The van der Waals surface area contributed by atoms with Gasteiger partial charge in [0, 0.05) is 17.8 Å². The fraction of sp³-hybridized carbons (Fsp3) is 0.136. The molecule has 0 aliphatic rings. The van der Waals surface area contributed by atoms with Crippen molar-refractivity contribution in [2.75, 3.05) is 10.6 Å². The molecule has 0 saturated carbocycles. The lowest BCUT2D eigenvalue weighted by Crippen LogP contribution is -2.14. The van der Waals surface area contributed by atoms with E-state index in [9.17, 15) is 9.59 Å². The minimum Gasteiger partial charge on any atom is -0.380 e. The van der Waals surface area contributed by atoms with Gasteiger partial charge in [-0.05, 0) is 61.4 Å². The fourth-order valence-electron chi connectivity index (χ4n) is 2.62. The predicted octanol–water partition coefficient (Wildman–Crippen LogP) is 4.46. The van der Waals surface area contributed by atoms with Crippen LogP contribution in [0, 0.1) is 6.92 Å². The van der Waals surface area contributed by atoms with E-state index in [1.807, 2.05) is 18.2 Å². The number of pyridine rings is 1. The van der Waals surface area contributed by atoms with Gasteiger partial charge < -0.3 is 10.6 Å². The number of rotatable bonds is 6. The van der Waals surface area contributed by atoms with Crippen molar-refractivity contribution >= 4 is 23.1 Å². The summed E-state index contributed by atoms with van der Waals surface area (Å²) >= 11 is 0. The summed E-state index contributed by atoms with van der Waals surface area (Å²) in [5.41, 5.74) is 4.84. The average Bonchev–Trinajstić information content (AvgIpc) is 2.68. The molecule has 2 aromatic carbocycles. The molecule has 0 fully saturated rings. The van der Waals surface area contributed by atoms with Gasteiger partial charge >= 0.3 is 0 Å². The summed E-state index contributed by atoms with van der Waals surface area (Å²) < 4.78 is 0. The zero-order chi connectivity index (χ0) is 19.2. The number of ketones is 1. The van der Waals surface area contributed by atoms with Crippen molar-refractivity contribution in [3.63, 3.8) is 0 Å². The maximum absolute atomic E-state index is 12.3. The Morgan fingerprint density at radius 1 is 0.926 bits per heavy atom. The molecule has 1 heterocycles.